The second-order valence-corrected chi connectivity index (χ2v) is 19.3. The Hall–Kier alpha value is -6.92. The van der Waals surface area contributed by atoms with Crippen LogP contribution in [0.4, 0.5) is 23.1 Å². The van der Waals surface area contributed by atoms with Gasteiger partial charge in [0.25, 0.3) is 17.4 Å². The van der Waals surface area contributed by atoms with Crippen molar-refractivity contribution in [2.24, 2.45) is 11.8 Å². The quantitative estimate of drug-likeness (QED) is 0.138. The highest BCUT2D eigenvalue weighted by molar-refractivity contribution is 5.99. The summed E-state index contributed by atoms with van der Waals surface area (Å²) in [5.74, 6) is 3.02. The van der Waals surface area contributed by atoms with Gasteiger partial charge in [-0.25, -0.2) is 9.67 Å². The molecule has 0 bridgehead atoms. The number of ether oxygens (including phenoxy) is 1. The lowest BCUT2D eigenvalue weighted by Gasteiger charge is -2.39. The van der Waals surface area contributed by atoms with Gasteiger partial charge in [0, 0.05) is 67.7 Å². The number of benzene rings is 2. The highest BCUT2D eigenvalue weighted by Crippen LogP contribution is 2.41. The zero-order valence-electron chi connectivity index (χ0n) is 39.9. The van der Waals surface area contributed by atoms with Gasteiger partial charge >= 0.3 is 0 Å². The summed E-state index contributed by atoms with van der Waals surface area (Å²) in [7, 11) is 1.58. The summed E-state index contributed by atoms with van der Waals surface area (Å²) in [5, 5.41) is 23.5. The highest BCUT2D eigenvalue weighted by Gasteiger charge is 2.37. The molecule has 4 amide bonds. The molecule has 4 aliphatic heterocycles. The SMILES string of the molecule is CC[C@@H]1c2nnc(C)n2-c2cnc(Nc3ccc(C(=O)NC4CCN(C(=O)C5CCN(c6ccc7c(C)nn(C8CCC(=O)NC8=O)c(=O)c7c6)CC5)CC4)cc3OC)nc2N1CC1CCCCC1. The van der Waals surface area contributed by atoms with Crippen molar-refractivity contribution in [1.82, 2.24) is 50.0 Å². The third-order valence-corrected chi connectivity index (χ3v) is 15.0. The first kappa shape index (κ1) is 45.8. The van der Waals surface area contributed by atoms with Gasteiger partial charge in [0.05, 0.1) is 36.1 Å². The lowest BCUT2D eigenvalue weighted by atomic mass is 9.88. The van der Waals surface area contributed by atoms with Gasteiger partial charge in [-0.05, 0) is 101 Å². The average molecular weight is 940 g/mol. The monoisotopic (exact) mass is 939 g/mol. The molecule has 19 nitrogen and oxygen atoms in total. The van der Waals surface area contributed by atoms with Crippen LogP contribution in [0, 0.1) is 25.7 Å². The van der Waals surface area contributed by atoms with Crippen molar-refractivity contribution in [2.45, 2.75) is 116 Å². The van der Waals surface area contributed by atoms with Crippen molar-refractivity contribution in [3.63, 3.8) is 0 Å². The molecule has 19 heteroatoms. The Morgan fingerprint density at radius 3 is 2.41 bits per heavy atom. The summed E-state index contributed by atoms with van der Waals surface area (Å²) in [6, 6.07) is 10.1. The van der Waals surface area contributed by atoms with E-state index in [0.29, 0.717) is 97.2 Å². The van der Waals surface area contributed by atoms with Gasteiger partial charge in [0.1, 0.15) is 23.3 Å². The second kappa shape index (κ2) is 19.2. The first-order chi connectivity index (χ1) is 33.5. The lowest BCUT2D eigenvalue weighted by Crippen LogP contribution is -2.49. The third-order valence-electron chi connectivity index (χ3n) is 15.0. The molecule has 0 radical (unpaired) electrons. The molecule has 1 saturated carbocycles. The van der Waals surface area contributed by atoms with Crippen LogP contribution in [0.2, 0.25) is 0 Å². The first-order valence-corrected chi connectivity index (χ1v) is 24.7. The Kier molecular flexibility index (Phi) is 12.8. The summed E-state index contributed by atoms with van der Waals surface area (Å²) >= 11 is 0. The third kappa shape index (κ3) is 8.98. The van der Waals surface area contributed by atoms with Gasteiger partial charge in [-0.2, -0.15) is 10.1 Å². The van der Waals surface area contributed by atoms with Gasteiger partial charge in [0.2, 0.25) is 17.8 Å². The van der Waals surface area contributed by atoms with E-state index in [1.807, 2.05) is 42.3 Å². The summed E-state index contributed by atoms with van der Waals surface area (Å²) in [5.41, 5.74) is 3.09. The number of amides is 4. The molecule has 5 aliphatic rings. The zero-order chi connectivity index (χ0) is 47.9. The molecule has 362 valence electrons. The zero-order valence-corrected chi connectivity index (χ0v) is 39.9. The van der Waals surface area contributed by atoms with Crippen molar-refractivity contribution in [3.8, 4) is 11.4 Å². The van der Waals surface area contributed by atoms with E-state index in [1.54, 1.807) is 26.2 Å². The number of rotatable bonds is 11. The van der Waals surface area contributed by atoms with Crippen molar-refractivity contribution >= 4 is 57.5 Å². The number of likely N-dealkylation sites (tertiary alicyclic amines) is 1. The van der Waals surface area contributed by atoms with E-state index in [-0.39, 0.29) is 54.1 Å². The van der Waals surface area contributed by atoms with Crippen LogP contribution in [-0.4, -0.2) is 109 Å². The number of fused-ring (bicyclic) bond motifs is 4. The van der Waals surface area contributed by atoms with Crippen LogP contribution in [0.15, 0.2) is 47.4 Å². The molecule has 3 N–H and O–H groups in total. The van der Waals surface area contributed by atoms with Gasteiger partial charge in [-0.15, -0.1) is 10.2 Å². The molecule has 1 aliphatic carbocycles. The van der Waals surface area contributed by atoms with Crippen LogP contribution in [-0.2, 0) is 14.4 Å². The predicted octanol–water partition coefficient (Wildman–Crippen LogP) is 5.60. The summed E-state index contributed by atoms with van der Waals surface area (Å²) in [6.45, 7) is 9.27. The van der Waals surface area contributed by atoms with E-state index in [4.69, 9.17) is 14.7 Å². The van der Waals surface area contributed by atoms with Crippen LogP contribution in [0.5, 0.6) is 5.75 Å². The molecule has 7 heterocycles. The molecule has 0 spiro atoms. The molecule has 2 atom stereocenters. The van der Waals surface area contributed by atoms with Crippen LogP contribution in [0.25, 0.3) is 16.5 Å². The minimum absolute atomic E-state index is 0.0436. The fourth-order valence-corrected chi connectivity index (χ4v) is 11.2. The van der Waals surface area contributed by atoms with Crippen LogP contribution >= 0.6 is 0 Å². The van der Waals surface area contributed by atoms with Crippen molar-refractivity contribution in [3.05, 3.63) is 75.9 Å². The molecule has 10 rings (SSSR count). The standard InChI is InChI=1S/C50H61N13O6/c1-5-39-45-57-56-30(3)62(45)41-27-51-50(55-44(41)61(39)28-31-9-7-6-8-10-31)53-38-14-11-33(25-42(38)69-4)46(65)52-34-19-23-60(24-20-34)48(67)32-17-21-59(22-18-32)35-12-13-36-29(2)58-63(49(68)37(36)26-35)40-15-16-43(64)54-47(40)66/h11-14,25-27,31-32,34,39-40H,5-10,15-24,28H2,1-4H3,(H,52,65)(H,51,53,55)(H,54,64,66)/t39-,40?/m1/s1. The molecular weight excluding hydrogens is 879 g/mol. The maximum atomic E-state index is 13.8. The Bertz CT molecular complexity index is 2860. The number of nitrogens with one attached hydrogen (secondary N) is 3. The predicted molar refractivity (Wildman–Crippen MR) is 259 cm³/mol. The summed E-state index contributed by atoms with van der Waals surface area (Å²) in [6.07, 6.45) is 12.0. The van der Waals surface area contributed by atoms with Crippen LogP contribution in [0.3, 0.4) is 0 Å². The normalized spacial score (nSPS) is 20.4. The molecule has 3 aromatic heterocycles. The van der Waals surface area contributed by atoms with Crippen molar-refractivity contribution in [2.75, 3.05) is 55.0 Å². The van der Waals surface area contributed by atoms with E-state index in [9.17, 15) is 24.0 Å². The maximum absolute atomic E-state index is 13.8. The molecule has 69 heavy (non-hydrogen) atoms. The van der Waals surface area contributed by atoms with Crippen LogP contribution in [0.1, 0.15) is 124 Å². The minimum atomic E-state index is -0.841. The number of nitrogens with zero attached hydrogens (tertiary/aromatic N) is 10. The van der Waals surface area contributed by atoms with Gasteiger partial charge < -0.3 is 30.1 Å². The number of carbonyl (C=O) groups is 4. The Labute approximate surface area is 400 Å². The number of aromatic nitrogens is 7. The molecule has 4 fully saturated rings. The average Bonchev–Trinajstić information content (AvgIpc) is 3.76. The van der Waals surface area contributed by atoms with Gasteiger partial charge in [-0.3, -0.25) is 33.9 Å². The minimum Gasteiger partial charge on any atom is -0.495 e. The molecule has 5 aromatic rings. The van der Waals surface area contributed by atoms with E-state index >= 15 is 0 Å². The van der Waals surface area contributed by atoms with E-state index in [0.717, 1.165) is 41.8 Å². The first-order valence-electron chi connectivity index (χ1n) is 24.7. The smallest absolute Gasteiger partial charge is 0.275 e. The van der Waals surface area contributed by atoms with Crippen LogP contribution < -0.4 is 36.0 Å². The number of carbonyl (C=O) groups excluding carboxylic acids is 4. The summed E-state index contributed by atoms with van der Waals surface area (Å²) < 4.78 is 9.08. The topological polar surface area (TPSA) is 215 Å². The lowest BCUT2D eigenvalue weighted by molar-refractivity contribution is -0.138. The Morgan fingerprint density at radius 1 is 0.884 bits per heavy atom. The second-order valence-electron chi connectivity index (χ2n) is 19.3. The largest absolute Gasteiger partial charge is 0.495 e. The van der Waals surface area contributed by atoms with Crippen molar-refractivity contribution in [1.29, 1.82) is 0 Å². The number of hydrogen-bond acceptors (Lipinski definition) is 14. The van der Waals surface area contributed by atoms with Gasteiger partial charge in [-0.1, -0.05) is 32.3 Å². The maximum Gasteiger partial charge on any atom is 0.275 e. The molecule has 2 aromatic carbocycles. The highest BCUT2D eigenvalue weighted by atomic mass is 16.5. The van der Waals surface area contributed by atoms with E-state index in [1.165, 1.54) is 36.8 Å². The molecule has 3 saturated heterocycles. The molecular formula is C50H61N13O6. The van der Waals surface area contributed by atoms with E-state index < -0.39 is 11.9 Å². The summed E-state index contributed by atoms with van der Waals surface area (Å²) in [4.78, 5) is 81.8. The number of anilines is 4. The number of hydrogen-bond donors (Lipinski definition) is 3. The number of piperidine rings is 3. The number of aryl methyl sites for hydroxylation is 2. The van der Waals surface area contributed by atoms with E-state index in [2.05, 4.69) is 52.5 Å². The Morgan fingerprint density at radius 2 is 1.67 bits per heavy atom. The van der Waals surface area contributed by atoms with Gasteiger partial charge in [0.15, 0.2) is 11.6 Å². The fraction of sp³-hybridized carbons (Fsp3) is 0.520. The Balaban J connectivity index is 0.740. The number of imide groups is 1. The number of methoxy groups -OCH3 is 1. The molecule has 1 unspecified atom stereocenters. The van der Waals surface area contributed by atoms with Crippen molar-refractivity contribution < 1.29 is 23.9 Å². The fourth-order valence-electron chi connectivity index (χ4n) is 11.2.